The Labute approximate surface area is 194 Å². The Morgan fingerprint density at radius 1 is 1.09 bits per heavy atom. The van der Waals surface area contributed by atoms with Crippen LogP contribution in [0.4, 0.5) is 19.0 Å². The summed E-state index contributed by atoms with van der Waals surface area (Å²) in [5, 5.41) is 0.0462. The third-order valence-corrected chi connectivity index (χ3v) is 7.66. The summed E-state index contributed by atoms with van der Waals surface area (Å²) in [6, 6.07) is 0.0290. The minimum atomic E-state index is -1.02. The highest BCUT2D eigenvalue weighted by Gasteiger charge is 2.53. The normalized spacial score (nSPS) is 28.7. The largest absolute Gasteiger partial charge is 0.475 e. The Hall–Kier alpha value is -2.07. The van der Waals surface area contributed by atoms with E-state index in [0.29, 0.717) is 17.8 Å². The van der Waals surface area contributed by atoms with Crippen molar-refractivity contribution in [2.75, 3.05) is 37.7 Å². The molecule has 0 bridgehead atoms. The lowest BCUT2D eigenvalue weighted by Gasteiger charge is -2.31. The molecule has 0 aromatic carbocycles. The standard InChI is InChI=1S/C22H25ClF3N5O2/c23-18-16(26)17-15-19(31-5-3-1-2-4-14(31)10-32-20(15)28-18)29-21(27-17)33-11-22-6-12(24)8-30(22)9-13(25)7-22/h12-14H,1-11H2/t12-,13-,14+/m1/s1. The van der Waals surface area contributed by atoms with E-state index >= 15 is 4.39 Å². The summed E-state index contributed by atoms with van der Waals surface area (Å²) in [5.74, 6) is -0.0470. The van der Waals surface area contributed by atoms with E-state index in [1.807, 2.05) is 4.90 Å². The molecule has 2 aromatic heterocycles. The van der Waals surface area contributed by atoms with E-state index in [4.69, 9.17) is 21.1 Å². The Morgan fingerprint density at radius 3 is 2.67 bits per heavy atom. The fraction of sp³-hybridized carbons (Fsp3) is 0.682. The maximum Gasteiger partial charge on any atom is 0.319 e. The summed E-state index contributed by atoms with van der Waals surface area (Å²) in [6.07, 6.45) is 2.40. The third kappa shape index (κ3) is 3.56. The van der Waals surface area contributed by atoms with Crippen molar-refractivity contribution in [2.24, 2.45) is 0 Å². The average molecular weight is 484 g/mol. The van der Waals surface area contributed by atoms with Crippen LogP contribution in [0.3, 0.4) is 0 Å². The van der Waals surface area contributed by atoms with Crippen LogP contribution in [0.5, 0.6) is 11.9 Å². The number of pyridine rings is 1. The van der Waals surface area contributed by atoms with E-state index < -0.39 is 23.7 Å². The molecule has 3 saturated heterocycles. The van der Waals surface area contributed by atoms with Gasteiger partial charge in [-0.1, -0.05) is 24.4 Å². The predicted molar refractivity (Wildman–Crippen MR) is 116 cm³/mol. The van der Waals surface area contributed by atoms with Gasteiger partial charge in [0.05, 0.1) is 11.6 Å². The van der Waals surface area contributed by atoms with Crippen LogP contribution in [-0.2, 0) is 0 Å². The lowest BCUT2D eigenvalue weighted by atomic mass is 9.94. The number of nitrogens with zero attached hydrogens (tertiary/aromatic N) is 5. The molecule has 0 spiro atoms. The molecule has 11 heteroatoms. The number of hydrogen-bond donors (Lipinski definition) is 0. The summed E-state index contributed by atoms with van der Waals surface area (Å²) < 4.78 is 55.2. The summed E-state index contributed by atoms with van der Waals surface area (Å²) in [4.78, 5) is 17.0. The quantitative estimate of drug-likeness (QED) is 0.614. The van der Waals surface area contributed by atoms with Crippen LogP contribution < -0.4 is 14.4 Å². The van der Waals surface area contributed by atoms with E-state index in [0.717, 1.165) is 32.2 Å². The molecule has 4 aliphatic rings. The van der Waals surface area contributed by atoms with Crippen molar-refractivity contribution >= 4 is 28.3 Å². The SMILES string of the molecule is Fc1c(Cl)nc2c3c(nc(OCC45C[C@@H](F)CN4C[C@H](F)C5)nc13)N1CCCCC[C@H]1CO2. The minimum absolute atomic E-state index is 0.0196. The number of ether oxygens (including phenoxy) is 2. The second kappa shape index (κ2) is 8.01. The molecule has 6 heterocycles. The molecule has 0 aliphatic carbocycles. The molecule has 3 atom stereocenters. The van der Waals surface area contributed by atoms with Crippen LogP contribution in [0.15, 0.2) is 0 Å². The van der Waals surface area contributed by atoms with Crippen LogP contribution in [0.25, 0.3) is 10.9 Å². The van der Waals surface area contributed by atoms with Crippen LogP contribution in [0.1, 0.15) is 38.5 Å². The van der Waals surface area contributed by atoms with Gasteiger partial charge < -0.3 is 14.4 Å². The number of rotatable bonds is 3. The number of hydrogen-bond acceptors (Lipinski definition) is 7. The molecule has 7 nitrogen and oxygen atoms in total. The number of aromatic nitrogens is 3. The first-order valence-corrected chi connectivity index (χ1v) is 11.9. The van der Waals surface area contributed by atoms with Crippen molar-refractivity contribution in [3.8, 4) is 11.9 Å². The first-order valence-electron chi connectivity index (χ1n) is 11.6. The van der Waals surface area contributed by atoms with E-state index in [-0.39, 0.29) is 61.1 Å². The van der Waals surface area contributed by atoms with Gasteiger partial charge in [0.1, 0.15) is 42.3 Å². The second-order valence-electron chi connectivity index (χ2n) is 9.60. The van der Waals surface area contributed by atoms with Crippen molar-refractivity contribution in [3.63, 3.8) is 0 Å². The van der Waals surface area contributed by atoms with Gasteiger partial charge in [-0.25, -0.2) is 13.2 Å². The van der Waals surface area contributed by atoms with Crippen LogP contribution in [0, 0.1) is 5.82 Å². The molecular formula is C22H25ClF3N5O2. The number of halogens is 4. The van der Waals surface area contributed by atoms with Crippen molar-refractivity contribution < 1.29 is 22.6 Å². The molecule has 33 heavy (non-hydrogen) atoms. The Morgan fingerprint density at radius 2 is 1.88 bits per heavy atom. The number of alkyl halides is 2. The molecule has 178 valence electrons. The molecule has 4 aliphatic heterocycles. The topological polar surface area (TPSA) is 63.6 Å². The molecule has 0 radical (unpaired) electrons. The fourth-order valence-corrected chi connectivity index (χ4v) is 6.07. The lowest BCUT2D eigenvalue weighted by molar-refractivity contribution is 0.107. The van der Waals surface area contributed by atoms with Crippen molar-refractivity contribution in [2.45, 2.75) is 62.4 Å². The Bertz CT molecular complexity index is 1080. The van der Waals surface area contributed by atoms with Gasteiger partial charge in [0, 0.05) is 32.5 Å². The molecule has 2 aromatic rings. The smallest absolute Gasteiger partial charge is 0.319 e. The zero-order chi connectivity index (χ0) is 22.7. The Kier molecular flexibility index (Phi) is 5.21. The highest BCUT2D eigenvalue weighted by atomic mass is 35.5. The average Bonchev–Trinajstić information content (AvgIpc) is 3.05. The molecule has 0 saturated carbocycles. The van der Waals surface area contributed by atoms with Gasteiger partial charge in [-0.2, -0.15) is 15.0 Å². The van der Waals surface area contributed by atoms with Crippen molar-refractivity contribution in [3.05, 3.63) is 11.0 Å². The molecule has 0 N–H and O–H groups in total. The third-order valence-electron chi connectivity index (χ3n) is 7.41. The summed E-state index contributed by atoms with van der Waals surface area (Å²) in [7, 11) is 0. The van der Waals surface area contributed by atoms with Gasteiger partial charge in [0.25, 0.3) is 0 Å². The molecule has 3 fully saturated rings. The van der Waals surface area contributed by atoms with Crippen molar-refractivity contribution in [1.29, 1.82) is 0 Å². The van der Waals surface area contributed by atoms with Gasteiger partial charge in [-0.15, -0.1) is 0 Å². The van der Waals surface area contributed by atoms with E-state index in [9.17, 15) is 8.78 Å². The molecule has 0 amide bonds. The zero-order valence-corrected chi connectivity index (χ0v) is 18.8. The van der Waals surface area contributed by atoms with Gasteiger partial charge in [-0.3, -0.25) is 4.90 Å². The van der Waals surface area contributed by atoms with Crippen LogP contribution in [-0.4, -0.2) is 76.6 Å². The van der Waals surface area contributed by atoms with Gasteiger partial charge in [-0.05, 0) is 12.8 Å². The van der Waals surface area contributed by atoms with Crippen molar-refractivity contribution in [1.82, 2.24) is 19.9 Å². The summed E-state index contributed by atoms with van der Waals surface area (Å²) in [5.41, 5.74) is -0.757. The predicted octanol–water partition coefficient (Wildman–Crippen LogP) is 3.86. The fourth-order valence-electron chi connectivity index (χ4n) is 5.90. The van der Waals surface area contributed by atoms with E-state index in [1.54, 1.807) is 0 Å². The highest BCUT2D eigenvalue weighted by Crippen LogP contribution is 2.43. The summed E-state index contributed by atoms with van der Waals surface area (Å²) in [6.45, 7) is 1.56. The van der Waals surface area contributed by atoms with E-state index in [1.165, 1.54) is 0 Å². The monoisotopic (exact) mass is 483 g/mol. The van der Waals surface area contributed by atoms with Gasteiger partial charge in [0.15, 0.2) is 11.0 Å². The second-order valence-corrected chi connectivity index (χ2v) is 9.96. The van der Waals surface area contributed by atoms with Crippen LogP contribution in [0.2, 0.25) is 5.15 Å². The zero-order valence-electron chi connectivity index (χ0n) is 18.1. The lowest BCUT2D eigenvalue weighted by Crippen LogP contribution is -2.43. The van der Waals surface area contributed by atoms with Crippen LogP contribution >= 0.6 is 11.6 Å². The van der Waals surface area contributed by atoms with Gasteiger partial charge >= 0.3 is 6.01 Å². The summed E-state index contributed by atoms with van der Waals surface area (Å²) >= 11 is 6.05. The first-order chi connectivity index (χ1) is 15.9. The highest BCUT2D eigenvalue weighted by molar-refractivity contribution is 6.30. The molecular weight excluding hydrogens is 459 g/mol. The van der Waals surface area contributed by atoms with Gasteiger partial charge in [0.2, 0.25) is 5.88 Å². The van der Waals surface area contributed by atoms with E-state index in [2.05, 4.69) is 19.9 Å². The first kappa shape index (κ1) is 21.5. The molecule has 6 rings (SSSR count). The molecule has 0 unspecified atom stereocenters. The maximum absolute atomic E-state index is 15.1. The minimum Gasteiger partial charge on any atom is -0.475 e. The number of anilines is 1. The number of fused-ring (bicyclic) bond motifs is 3. The maximum atomic E-state index is 15.1. The Balaban J connectivity index is 1.41.